The molecule has 2 heterocycles. The van der Waals surface area contributed by atoms with E-state index < -0.39 is 5.97 Å². The maximum absolute atomic E-state index is 13.1. The van der Waals surface area contributed by atoms with Crippen LogP contribution in [0, 0.1) is 0 Å². The summed E-state index contributed by atoms with van der Waals surface area (Å²) in [6.45, 7) is 0.807. The van der Waals surface area contributed by atoms with Crippen molar-refractivity contribution >= 4 is 17.7 Å². The van der Waals surface area contributed by atoms with Crippen molar-refractivity contribution in [3.05, 3.63) is 58.7 Å². The van der Waals surface area contributed by atoms with E-state index in [2.05, 4.69) is 0 Å². The average molecular weight is 423 g/mol. The van der Waals surface area contributed by atoms with E-state index in [1.807, 2.05) is 6.07 Å². The number of rotatable bonds is 6. The average Bonchev–Trinajstić information content (AvgIpc) is 2.86. The fourth-order valence-corrected chi connectivity index (χ4v) is 4.35. The second-order valence-electron chi connectivity index (χ2n) is 7.99. The first-order valence-corrected chi connectivity index (χ1v) is 10.4. The van der Waals surface area contributed by atoms with Crippen molar-refractivity contribution in [1.82, 2.24) is 4.90 Å². The van der Waals surface area contributed by atoms with Crippen LogP contribution in [0.3, 0.4) is 0 Å². The number of carbonyl (C=O) groups is 3. The number of nitrogens with zero attached hydrogens (tertiary/aromatic N) is 1. The molecule has 162 valence electrons. The number of methoxy groups -OCH3 is 1. The molecule has 2 aromatic rings. The van der Waals surface area contributed by atoms with Crippen molar-refractivity contribution in [2.45, 2.75) is 44.8 Å². The van der Waals surface area contributed by atoms with E-state index in [1.54, 1.807) is 35.2 Å². The van der Waals surface area contributed by atoms with E-state index in [4.69, 9.17) is 14.6 Å². The van der Waals surface area contributed by atoms with Crippen molar-refractivity contribution in [3.8, 4) is 11.5 Å². The first-order valence-electron chi connectivity index (χ1n) is 10.4. The lowest BCUT2D eigenvalue weighted by Gasteiger charge is -2.33. The standard InChI is InChI=1S/C24H25NO6/c1-30-21-13-18-17(11-20(26)19-7-2-3-8-25(19)24(18)29)12-22(21)31-14-16-6-4-5-15(9-16)10-23(27)28/h4-6,9,12-13,19H,2-3,7-8,10-11,14H2,1H3,(H,27,28)/t19-/m0/s1. The summed E-state index contributed by atoms with van der Waals surface area (Å²) in [4.78, 5) is 38.6. The summed E-state index contributed by atoms with van der Waals surface area (Å²) in [6.07, 6.45) is 2.71. The van der Waals surface area contributed by atoms with Crippen LogP contribution in [0.25, 0.3) is 0 Å². The number of carboxylic acid groups (broad SMARTS) is 1. The summed E-state index contributed by atoms with van der Waals surface area (Å²) in [5.41, 5.74) is 2.65. The molecule has 1 N–H and O–H groups in total. The third-order valence-electron chi connectivity index (χ3n) is 5.86. The Morgan fingerprint density at radius 2 is 1.94 bits per heavy atom. The number of hydrogen-bond donors (Lipinski definition) is 1. The van der Waals surface area contributed by atoms with Crippen LogP contribution in [-0.2, 0) is 29.0 Å². The molecule has 0 spiro atoms. The Morgan fingerprint density at radius 3 is 2.71 bits per heavy atom. The number of ketones is 1. The molecule has 7 heteroatoms. The Bertz CT molecular complexity index is 1030. The lowest BCUT2D eigenvalue weighted by Crippen LogP contribution is -2.46. The highest BCUT2D eigenvalue weighted by Crippen LogP contribution is 2.35. The number of amides is 1. The molecule has 0 saturated carbocycles. The summed E-state index contributed by atoms with van der Waals surface area (Å²) in [6, 6.07) is 10.2. The number of Topliss-reactive ketones (excluding diaryl/α,β-unsaturated/α-hetero) is 1. The Morgan fingerprint density at radius 1 is 1.13 bits per heavy atom. The van der Waals surface area contributed by atoms with Gasteiger partial charge in [-0.15, -0.1) is 0 Å². The molecule has 1 saturated heterocycles. The van der Waals surface area contributed by atoms with Gasteiger partial charge in [0.1, 0.15) is 6.61 Å². The van der Waals surface area contributed by atoms with Gasteiger partial charge in [0.2, 0.25) is 0 Å². The molecular formula is C24H25NO6. The highest BCUT2D eigenvalue weighted by Gasteiger charge is 2.37. The lowest BCUT2D eigenvalue weighted by atomic mass is 9.96. The number of aliphatic carboxylic acids is 1. The second kappa shape index (κ2) is 8.79. The summed E-state index contributed by atoms with van der Waals surface area (Å²) in [5.74, 6) is -0.0840. The predicted octanol–water partition coefficient (Wildman–Crippen LogP) is 3.02. The van der Waals surface area contributed by atoms with Crippen molar-refractivity contribution in [2.75, 3.05) is 13.7 Å². The summed E-state index contributed by atoms with van der Waals surface area (Å²) < 4.78 is 11.4. The summed E-state index contributed by atoms with van der Waals surface area (Å²) in [5, 5.41) is 8.98. The number of hydrogen-bond acceptors (Lipinski definition) is 5. The van der Waals surface area contributed by atoms with E-state index in [1.165, 1.54) is 7.11 Å². The van der Waals surface area contributed by atoms with E-state index in [0.717, 1.165) is 18.4 Å². The first-order chi connectivity index (χ1) is 15.0. The lowest BCUT2D eigenvalue weighted by molar-refractivity contribution is -0.136. The number of ether oxygens (including phenoxy) is 2. The van der Waals surface area contributed by atoms with Gasteiger partial charge in [-0.2, -0.15) is 0 Å². The van der Waals surface area contributed by atoms with Crippen LogP contribution in [0.15, 0.2) is 36.4 Å². The molecule has 31 heavy (non-hydrogen) atoms. The topological polar surface area (TPSA) is 93.1 Å². The zero-order valence-corrected chi connectivity index (χ0v) is 17.4. The fraction of sp³-hybridized carbons (Fsp3) is 0.375. The minimum Gasteiger partial charge on any atom is -0.493 e. The summed E-state index contributed by atoms with van der Waals surface area (Å²) >= 11 is 0. The van der Waals surface area contributed by atoms with Gasteiger partial charge in [-0.25, -0.2) is 0 Å². The monoisotopic (exact) mass is 423 g/mol. The molecule has 7 nitrogen and oxygen atoms in total. The minimum absolute atomic E-state index is 0.0576. The molecular weight excluding hydrogens is 398 g/mol. The van der Waals surface area contributed by atoms with Crippen molar-refractivity contribution in [1.29, 1.82) is 0 Å². The maximum Gasteiger partial charge on any atom is 0.307 e. The van der Waals surface area contributed by atoms with Crippen LogP contribution < -0.4 is 9.47 Å². The molecule has 0 radical (unpaired) electrons. The zero-order valence-electron chi connectivity index (χ0n) is 17.4. The van der Waals surface area contributed by atoms with Crippen LogP contribution in [0.4, 0.5) is 0 Å². The number of carbonyl (C=O) groups excluding carboxylic acids is 2. The first kappa shape index (κ1) is 20.9. The molecule has 0 aliphatic carbocycles. The Labute approximate surface area is 180 Å². The molecule has 1 fully saturated rings. The van der Waals surface area contributed by atoms with Crippen LogP contribution in [0.1, 0.15) is 46.3 Å². The fourth-order valence-electron chi connectivity index (χ4n) is 4.35. The van der Waals surface area contributed by atoms with Gasteiger partial charge < -0.3 is 19.5 Å². The number of carboxylic acids is 1. The third kappa shape index (κ3) is 4.40. The van der Waals surface area contributed by atoms with E-state index >= 15 is 0 Å². The SMILES string of the molecule is COc1cc2c(cc1OCc1cccc(CC(=O)O)c1)CC(=O)[C@@H]1CCCCN1C2=O. The normalized spacial score (nSPS) is 18.1. The molecule has 4 rings (SSSR count). The number of piperidine rings is 1. The van der Waals surface area contributed by atoms with Gasteiger partial charge in [-0.1, -0.05) is 24.3 Å². The molecule has 1 atom stereocenters. The molecule has 0 aromatic heterocycles. The van der Waals surface area contributed by atoms with Gasteiger partial charge in [0.25, 0.3) is 5.91 Å². The Balaban J connectivity index is 1.60. The molecule has 2 aliphatic heterocycles. The van der Waals surface area contributed by atoms with E-state index in [9.17, 15) is 14.4 Å². The maximum atomic E-state index is 13.1. The van der Waals surface area contributed by atoms with Crippen LogP contribution >= 0.6 is 0 Å². The van der Waals surface area contributed by atoms with E-state index in [-0.39, 0.29) is 37.2 Å². The predicted molar refractivity (Wildman–Crippen MR) is 112 cm³/mol. The summed E-state index contributed by atoms with van der Waals surface area (Å²) in [7, 11) is 1.51. The van der Waals surface area contributed by atoms with Crippen molar-refractivity contribution < 1.29 is 29.0 Å². The van der Waals surface area contributed by atoms with Gasteiger partial charge in [-0.3, -0.25) is 14.4 Å². The molecule has 0 unspecified atom stereocenters. The van der Waals surface area contributed by atoms with Gasteiger partial charge in [0.05, 0.1) is 19.6 Å². The smallest absolute Gasteiger partial charge is 0.307 e. The van der Waals surface area contributed by atoms with Crippen LogP contribution in [0.5, 0.6) is 11.5 Å². The van der Waals surface area contributed by atoms with Gasteiger partial charge in [-0.05, 0) is 48.1 Å². The molecule has 2 aliphatic rings. The Kier molecular flexibility index (Phi) is 5.93. The number of fused-ring (bicyclic) bond motifs is 2. The zero-order chi connectivity index (χ0) is 22.0. The van der Waals surface area contributed by atoms with Crippen LogP contribution in [0.2, 0.25) is 0 Å². The number of benzene rings is 2. The second-order valence-corrected chi connectivity index (χ2v) is 7.99. The van der Waals surface area contributed by atoms with Gasteiger partial charge in [0.15, 0.2) is 17.3 Å². The highest BCUT2D eigenvalue weighted by atomic mass is 16.5. The van der Waals surface area contributed by atoms with Crippen molar-refractivity contribution in [2.24, 2.45) is 0 Å². The Hall–Kier alpha value is -3.35. The van der Waals surface area contributed by atoms with Gasteiger partial charge >= 0.3 is 5.97 Å². The minimum atomic E-state index is -0.892. The largest absolute Gasteiger partial charge is 0.493 e. The molecule has 1 amide bonds. The van der Waals surface area contributed by atoms with E-state index in [0.29, 0.717) is 41.2 Å². The third-order valence-corrected chi connectivity index (χ3v) is 5.86. The van der Waals surface area contributed by atoms with Crippen LogP contribution in [-0.4, -0.2) is 47.4 Å². The molecule has 2 aromatic carbocycles. The quantitative estimate of drug-likeness (QED) is 0.768. The van der Waals surface area contributed by atoms with Crippen molar-refractivity contribution in [3.63, 3.8) is 0 Å². The molecule has 0 bridgehead atoms. The highest BCUT2D eigenvalue weighted by molar-refractivity contribution is 6.03. The van der Waals surface area contributed by atoms with Gasteiger partial charge in [0, 0.05) is 18.5 Å².